The van der Waals surface area contributed by atoms with Crippen LogP contribution in [0.25, 0.3) is 5.57 Å². The Morgan fingerprint density at radius 1 is 0.938 bits per heavy atom. The topological polar surface area (TPSA) is 66.5 Å². The zero-order chi connectivity index (χ0) is 23.0. The van der Waals surface area contributed by atoms with Crippen molar-refractivity contribution in [3.8, 4) is 0 Å². The normalized spacial score (nSPS) is 15.8. The fourth-order valence-electron chi connectivity index (χ4n) is 4.17. The molecule has 1 N–H and O–H groups in total. The molecule has 6 heteroatoms. The molecule has 4 rings (SSSR count). The minimum absolute atomic E-state index is 0.234. The lowest BCUT2D eigenvalue weighted by Crippen LogP contribution is -2.40. The number of para-hydroxylation sites is 1. The van der Waals surface area contributed by atoms with Crippen LogP contribution in [-0.2, 0) is 14.8 Å². The average molecular weight is 447 g/mol. The maximum atomic E-state index is 13.6. The van der Waals surface area contributed by atoms with Gasteiger partial charge in [-0.15, -0.1) is 0 Å². The number of carbonyl (C=O) groups is 1. The highest BCUT2D eigenvalue weighted by atomic mass is 32.2. The highest BCUT2D eigenvalue weighted by Crippen LogP contribution is 2.42. The van der Waals surface area contributed by atoms with Gasteiger partial charge >= 0.3 is 0 Å². The van der Waals surface area contributed by atoms with E-state index in [2.05, 4.69) is 5.32 Å². The van der Waals surface area contributed by atoms with Crippen LogP contribution in [0.15, 0.2) is 77.7 Å². The van der Waals surface area contributed by atoms with Gasteiger partial charge in [-0.25, -0.2) is 8.42 Å². The van der Waals surface area contributed by atoms with Gasteiger partial charge in [-0.1, -0.05) is 72.3 Å². The fraction of sp³-hybridized carbons (Fsp3) is 0.192. The van der Waals surface area contributed by atoms with E-state index >= 15 is 0 Å². The molecule has 0 bridgehead atoms. The number of anilines is 1. The van der Waals surface area contributed by atoms with Crippen LogP contribution in [0.4, 0.5) is 5.69 Å². The third kappa shape index (κ3) is 3.71. The molecular formula is C26H26N2O3S. The number of amides is 1. The molecule has 1 aliphatic heterocycles. The zero-order valence-corrected chi connectivity index (χ0v) is 19.4. The first-order chi connectivity index (χ1) is 15.2. The Hall–Kier alpha value is -3.38. The van der Waals surface area contributed by atoms with Crippen LogP contribution in [0, 0.1) is 13.8 Å². The molecule has 0 saturated heterocycles. The molecular weight excluding hydrogens is 420 g/mol. The van der Waals surface area contributed by atoms with Gasteiger partial charge < -0.3 is 5.32 Å². The molecule has 164 valence electrons. The predicted molar refractivity (Wildman–Crippen MR) is 129 cm³/mol. The Morgan fingerprint density at radius 2 is 1.59 bits per heavy atom. The number of fused-ring (bicyclic) bond motifs is 1. The molecule has 0 radical (unpaired) electrons. The highest BCUT2D eigenvalue weighted by Gasteiger charge is 2.39. The zero-order valence-electron chi connectivity index (χ0n) is 18.6. The Balaban J connectivity index is 1.89. The number of rotatable bonds is 4. The van der Waals surface area contributed by atoms with Crippen molar-refractivity contribution >= 4 is 27.2 Å². The molecule has 3 aromatic rings. The number of nitrogens with zero attached hydrogens (tertiary/aromatic N) is 1. The lowest BCUT2D eigenvalue weighted by molar-refractivity contribution is -0.117. The van der Waals surface area contributed by atoms with Crippen LogP contribution in [0.2, 0.25) is 0 Å². The van der Waals surface area contributed by atoms with Crippen LogP contribution in [0.3, 0.4) is 0 Å². The predicted octanol–water partition coefficient (Wildman–Crippen LogP) is 4.72. The monoisotopic (exact) mass is 446 g/mol. The maximum Gasteiger partial charge on any atom is 0.270 e. The van der Waals surface area contributed by atoms with Gasteiger partial charge in [0, 0.05) is 18.2 Å². The second kappa shape index (κ2) is 8.28. The SMILES string of the molecule is Cc1ccc(C)c([C@H](C)NC(=O)C2=C(c3ccccc3)c3ccccc3N(C)S2(=O)=O)c1. The molecule has 0 saturated carbocycles. The summed E-state index contributed by atoms with van der Waals surface area (Å²) in [4.78, 5) is 13.3. The van der Waals surface area contributed by atoms with E-state index in [1.165, 1.54) is 11.4 Å². The summed E-state index contributed by atoms with van der Waals surface area (Å²) in [6.07, 6.45) is 0. The van der Waals surface area contributed by atoms with E-state index < -0.39 is 15.9 Å². The molecule has 0 fully saturated rings. The molecule has 32 heavy (non-hydrogen) atoms. The summed E-state index contributed by atoms with van der Waals surface area (Å²) < 4.78 is 28.3. The summed E-state index contributed by atoms with van der Waals surface area (Å²) in [7, 11) is -2.57. The number of hydrogen-bond acceptors (Lipinski definition) is 3. The van der Waals surface area contributed by atoms with Crippen molar-refractivity contribution in [2.45, 2.75) is 26.8 Å². The Kier molecular flexibility index (Phi) is 5.65. The molecule has 0 aliphatic carbocycles. The largest absolute Gasteiger partial charge is 0.345 e. The van der Waals surface area contributed by atoms with Gasteiger partial charge in [0.2, 0.25) is 0 Å². The highest BCUT2D eigenvalue weighted by molar-refractivity contribution is 7.97. The third-order valence-electron chi connectivity index (χ3n) is 5.88. The van der Waals surface area contributed by atoms with Gasteiger partial charge in [-0.05, 0) is 43.5 Å². The minimum Gasteiger partial charge on any atom is -0.345 e. The molecule has 0 unspecified atom stereocenters. The van der Waals surface area contributed by atoms with E-state index in [1.54, 1.807) is 12.1 Å². The van der Waals surface area contributed by atoms with Crippen molar-refractivity contribution < 1.29 is 13.2 Å². The number of sulfonamides is 1. The minimum atomic E-state index is -4.06. The van der Waals surface area contributed by atoms with Crippen molar-refractivity contribution in [1.29, 1.82) is 0 Å². The number of nitrogens with one attached hydrogen (secondary N) is 1. The quantitative estimate of drug-likeness (QED) is 0.631. The summed E-state index contributed by atoms with van der Waals surface area (Å²) in [6.45, 7) is 5.84. The van der Waals surface area contributed by atoms with E-state index in [9.17, 15) is 13.2 Å². The summed E-state index contributed by atoms with van der Waals surface area (Å²) in [6, 6.07) is 22.1. The number of aryl methyl sites for hydroxylation is 2. The average Bonchev–Trinajstić information content (AvgIpc) is 2.78. The first-order valence-corrected chi connectivity index (χ1v) is 11.9. The molecule has 1 heterocycles. The summed E-state index contributed by atoms with van der Waals surface area (Å²) in [5.74, 6) is -0.612. The van der Waals surface area contributed by atoms with Crippen molar-refractivity contribution in [2.75, 3.05) is 11.4 Å². The van der Waals surface area contributed by atoms with Gasteiger partial charge in [0.1, 0.15) is 0 Å². The van der Waals surface area contributed by atoms with E-state index in [-0.39, 0.29) is 10.9 Å². The van der Waals surface area contributed by atoms with Gasteiger partial charge in [0.25, 0.3) is 15.9 Å². The Bertz CT molecular complexity index is 1330. The summed E-state index contributed by atoms with van der Waals surface area (Å²) in [5.41, 5.74) is 5.43. The smallest absolute Gasteiger partial charge is 0.270 e. The second-order valence-corrected chi connectivity index (χ2v) is 10.0. The van der Waals surface area contributed by atoms with Crippen molar-refractivity contribution in [3.05, 3.63) is 106 Å². The van der Waals surface area contributed by atoms with Gasteiger partial charge in [-0.2, -0.15) is 0 Å². The summed E-state index contributed by atoms with van der Waals surface area (Å²) >= 11 is 0. The number of hydrogen-bond donors (Lipinski definition) is 1. The molecule has 0 spiro atoms. The van der Waals surface area contributed by atoms with Crippen molar-refractivity contribution in [1.82, 2.24) is 5.32 Å². The van der Waals surface area contributed by atoms with Crippen molar-refractivity contribution in [2.24, 2.45) is 0 Å². The fourth-order valence-corrected chi connectivity index (χ4v) is 5.64. The van der Waals surface area contributed by atoms with Gasteiger partial charge in [0.15, 0.2) is 4.91 Å². The van der Waals surface area contributed by atoms with Crippen LogP contribution < -0.4 is 9.62 Å². The van der Waals surface area contributed by atoms with E-state index in [0.717, 1.165) is 16.7 Å². The number of carbonyl (C=O) groups excluding carboxylic acids is 1. The third-order valence-corrected chi connectivity index (χ3v) is 7.70. The maximum absolute atomic E-state index is 13.6. The molecule has 5 nitrogen and oxygen atoms in total. The Morgan fingerprint density at radius 3 is 2.31 bits per heavy atom. The van der Waals surface area contributed by atoms with Crippen LogP contribution >= 0.6 is 0 Å². The lowest BCUT2D eigenvalue weighted by Gasteiger charge is -2.31. The van der Waals surface area contributed by atoms with Crippen LogP contribution in [0.1, 0.15) is 40.8 Å². The molecule has 0 aromatic heterocycles. The van der Waals surface area contributed by atoms with E-state index in [0.29, 0.717) is 22.4 Å². The van der Waals surface area contributed by atoms with Crippen LogP contribution in [-0.4, -0.2) is 21.4 Å². The first kappa shape index (κ1) is 21.8. The molecule has 1 atom stereocenters. The lowest BCUT2D eigenvalue weighted by atomic mass is 9.95. The molecule has 1 amide bonds. The Labute approximate surface area is 189 Å². The van der Waals surface area contributed by atoms with Crippen LogP contribution in [0.5, 0.6) is 0 Å². The van der Waals surface area contributed by atoms with E-state index in [4.69, 9.17) is 0 Å². The first-order valence-electron chi connectivity index (χ1n) is 10.5. The molecule has 1 aliphatic rings. The summed E-state index contributed by atoms with van der Waals surface area (Å²) in [5, 5.41) is 2.94. The standard InChI is InChI=1S/C26H26N2O3S/c1-17-14-15-18(2)22(16-17)19(3)27-26(29)25-24(20-10-6-5-7-11-20)21-12-8-9-13-23(21)28(4)32(25,30)31/h5-16,19H,1-4H3,(H,27,29)/t19-/m0/s1. The second-order valence-electron chi connectivity index (χ2n) is 8.12. The van der Waals surface area contributed by atoms with Gasteiger partial charge in [0.05, 0.1) is 11.7 Å². The molecule has 3 aromatic carbocycles. The van der Waals surface area contributed by atoms with Crippen molar-refractivity contribution in [3.63, 3.8) is 0 Å². The van der Waals surface area contributed by atoms with E-state index in [1.807, 2.05) is 81.4 Å². The number of benzene rings is 3. The van der Waals surface area contributed by atoms with Gasteiger partial charge in [-0.3, -0.25) is 9.10 Å².